The van der Waals surface area contributed by atoms with Gasteiger partial charge in [-0.15, -0.1) is 0 Å². The van der Waals surface area contributed by atoms with E-state index in [-0.39, 0.29) is 11.6 Å². The van der Waals surface area contributed by atoms with E-state index in [0.717, 1.165) is 12.4 Å². The Morgan fingerprint density at radius 1 is 1.38 bits per heavy atom. The van der Waals surface area contributed by atoms with Crippen LogP contribution in [0.2, 0.25) is 0 Å². The number of alkyl halides is 2. The molecule has 0 spiro atoms. The molecule has 1 aromatic heterocycles. The summed E-state index contributed by atoms with van der Waals surface area (Å²) in [5.41, 5.74) is 5.34. The summed E-state index contributed by atoms with van der Waals surface area (Å²) >= 11 is 0. The molecule has 0 saturated heterocycles. The van der Waals surface area contributed by atoms with Crippen LogP contribution >= 0.6 is 0 Å². The molecule has 0 saturated carbocycles. The first-order valence-corrected chi connectivity index (χ1v) is 3.94. The molecule has 0 aromatic carbocycles. The Kier molecular flexibility index (Phi) is 3.25. The maximum absolute atomic E-state index is 12.1. The van der Waals surface area contributed by atoms with Gasteiger partial charge in [-0.25, -0.2) is 18.7 Å². The highest BCUT2D eigenvalue weighted by Crippen LogP contribution is 2.15. The molecule has 1 aromatic rings. The minimum Gasteiger partial charge on any atom is -0.328 e. The highest BCUT2D eigenvalue weighted by molar-refractivity contribution is 5.06. The van der Waals surface area contributed by atoms with Gasteiger partial charge in [0, 0.05) is 24.9 Å². The molecule has 0 amide bonds. The quantitative estimate of drug-likeness (QED) is 0.776. The van der Waals surface area contributed by atoms with Gasteiger partial charge in [0.1, 0.15) is 5.82 Å². The molecule has 13 heavy (non-hydrogen) atoms. The number of rotatable bonds is 3. The topological polar surface area (TPSA) is 51.8 Å². The lowest BCUT2D eigenvalue weighted by Crippen LogP contribution is -2.19. The van der Waals surface area contributed by atoms with Crippen molar-refractivity contribution >= 4 is 0 Å². The molecule has 1 atom stereocenters. The van der Waals surface area contributed by atoms with Crippen molar-refractivity contribution in [1.29, 1.82) is 0 Å². The Hall–Kier alpha value is -1.10. The molecule has 0 aliphatic carbocycles. The summed E-state index contributed by atoms with van der Waals surface area (Å²) in [6.07, 6.45) is 0.262. The fourth-order valence-electron chi connectivity index (χ4n) is 0.871. The standard InChI is InChI=1S/C8H11F2N3/c1-5(11)2-7-12-3-6(4-13-7)8(9)10/h3-5,8H,2,11H2,1H3. The second-order valence-electron chi connectivity index (χ2n) is 2.91. The first-order valence-electron chi connectivity index (χ1n) is 3.94. The van der Waals surface area contributed by atoms with Crippen LogP contribution in [-0.2, 0) is 6.42 Å². The molecular formula is C8H11F2N3. The molecular weight excluding hydrogens is 176 g/mol. The first-order chi connectivity index (χ1) is 6.09. The molecule has 0 aliphatic rings. The molecule has 5 heteroatoms. The van der Waals surface area contributed by atoms with Gasteiger partial charge in [0.15, 0.2) is 0 Å². The van der Waals surface area contributed by atoms with Crippen LogP contribution in [0.4, 0.5) is 8.78 Å². The van der Waals surface area contributed by atoms with Gasteiger partial charge < -0.3 is 5.73 Å². The molecule has 0 fully saturated rings. The van der Waals surface area contributed by atoms with Gasteiger partial charge >= 0.3 is 0 Å². The second-order valence-corrected chi connectivity index (χ2v) is 2.91. The predicted octanol–water partition coefficient (Wildman–Crippen LogP) is 1.30. The maximum atomic E-state index is 12.1. The molecule has 2 N–H and O–H groups in total. The predicted molar refractivity (Wildman–Crippen MR) is 44.3 cm³/mol. The average Bonchev–Trinajstić information content (AvgIpc) is 2.04. The van der Waals surface area contributed by atoms with Gasteiger partial charge in [-0.05, 0) is 6.92 Å². The highest BCUT2D eigenvalue weighted by Gasteiger charge is 2.08. The van der Waals surface area contributed by atoms with E-state index >= 15 is 0 Å². The second kappa shape index (κ2) is 4.23. The minimum absolute atomic E-state index is 0.0580. The third-order valence-corrected chi connectivity index (χ3v) is 1.48. The van der Waals surface area contributed by atoms with E-state index in [1.54, 1.807) is 0 Å². The summed E-state index contributed by atoms with van der Waals surface area (Å²) < 4.78 is 24.1. The van der Waals surface area contributed by atoms with Crippen molar-refractivity contribution in [3.8, 4) is 0 Å². The van der Waals surface area contributed by atoms with E-state index in [1.807, 2.05) is 6.92 Å². The maximum Gasteiger partial charge on any atom is 0.266 e. The molecule has 1 heterocycles. The van der Waals surface area contributed by atoms with E-state index in [9.17, 15) is 8.78 Å². The fourth-order valence-corrected chi connectivity index (χ4v) is 0.871. The first kappa shape index (κ1) is 9.98. The van der Waals surface area contributed by atoms with Gasteiger partial charge in [-0.2, -0.15) is 0 Å². The van der Waals surface area contributed by atoms with Crippen LogP contribution in [0.1, 0.15) is 24.7 Å². The van der Waals surface area contributed by atoms with Crippen molar-refractivity contribution in [3.05, 3.63) is 23.8 Å². The van der Waals surface area contributed by atoms with Gasteiger partial charge in [0.05, 0.1) is 5.56 Å². The van der Waals surface area contributed by atoms with Gasteiger partial charge in [-0.3, -0.25) is 0 Å². The van der Waals surface area contributed by atoms with Crippen LogP contribution in [0.25, 0.3) is 0 Å². The zero-order valence-electron chi connectivity index (χ0n) is 7.24. The Labute approximate surface area is 75.0 Å². The molecule has 3 nitrogen and oxygen atoms in total. The van der Waals surface area contributed by atoms with Crippen molar-refractivity contribution in [2.75, 3.05) is 0 Å². The number of aromatic nitrogens is 2. The monoisotopic (exact) mass is 187 g/mol. The summed E-state index contributed by atoms with van der Waals surface area (Å²) in [4.78, 5) is 7.54. The lowest BCUT2D eigenvalue weighted by Gasteiger charge is -2.03. The molecule has 0 aliphatic heterocycles. The Morgan fingerprint density at radius 2 is 1.92 bits per heavy atom. The van der Waals surface area contributed by atoms with Gasteiger partial charge in [-0.1, -0.05) is 0 Å². The Balaban J connectivity index is 2.70. The third-order valence-electron chi connectivity index (χ3n) is 1.48. The van der Waals surface area contributed by atoms with Gasteiger partial charge in [0.25, 0.3) is 6.43 Å². The zero-order chi connectivity index (χ0) is 9.84. The van der Waals surface area contributed by atoms with E-state index in [1.165, 1.54) is 0 Å². The van der Waals surface area contributed by atoms with Crippen LogP contribution in [0.3, 0.4) is 0 Å². The molecule has 72 valence electrons. The molecule has 0 radical (unpaired) electrons. The van der Waals surface area contributed by atoms with Crippen LogP contribution in [0, 0.1) is 0 Å². The van der Waals surface area contributed by atoms with Crippen molar-refractivity contribution < 1.29 is 8.78 Å². The van der Waals surface area contributed by atoms with Crippen molar-refractivity contribution in [2.45, 2.75) is 25.8 Å². The fraction of sp³-hybridized carbons (Fsp3) is 0.500. The lowest BCUT2D eigenvalue weighted by molar-refractivity contribution is 0.150. The summed E-state index contributed by atoms with van der Waals surface area (Å²) in [6, 6.07) is -0.0580. The minimum atomic E-state index is -2.51. The van der Waals surface area contributed by atoms with Crippen molar-refractivity contribution in [3.63, 3.8) is 0 Å². The van der Waals surface area contributed by atoms with Crippen LogP contribution in [-0.4, -0.2) is 16.0 Å². The number of nitrogens with zero attached hydrogens (tertiary/aromatic N) is 2. The largest absolute Gasteiger partial charge is 0.328 e. The summed E-state index contributed by atoms with van der Waals surface area (Å²) in [7, 11) is 0. The van der Waals surface area contributed by atoms with E-state index in [4.69, 9.17) is 5.73 Å². The molecule has 0 bridgehead atoms. The smallest absolute Gasteiger partial charge is 0.266 e. The Bertz CT molecular complexity index is 259. The van der Waals surface area contributed by atoms with Crippen LogP contribution in [0.15, 0.2) is 12.4 Å². The van der Waals surface area contributed by atoms with Crippen molar-refractivity contribution in [1.82, 2.24) is 9.97 Å². The highest BCUT2D eigenvalue weighted by atomic mass is 19.3. The van der Waals surface area contributed by atoms with Crippen molar-refractivity contribution in [2.24, 2.45) is 5.73 Å². The summed E-state index contributed by atoms with van der Waals surface area (Å²) in [5.74, 6) is 0.499. The zero-order valence-corrected chi connectivity index (χ0v) is 7.24. The molecule has 1 unspecified atom stereocenters. The normalized spacial score (nSPS) is 13.3. The number of hydrogen-bond donors (Lipinski definition) is 1. The van der Waals surface area contributed by atoms with E-state index in [2.05, 4.69) is 9.97 Å². The number of nitrogens with two attached hydrogens (primary N) is 1. The van der Waals surface area contributed by atoms with E-state index < -0.39 is 6.43 Å². The number of halogens is 2. The number of hydrogen-bond acceptors (Lipinski definition) is 3. The Morgan fingerprint density at radius 3 is 2.31 bits per heavy atom. The molecule has 1 rings (SSSR count). The third kappa shape index (κ3) is 3.02. The average molecular weight is 187 g/mol. The summed E-state index contributed by atoms with van der Waals surface area (Å²) in [5, 5.41) is 0. The van der Waals surface area contributed by atoms with E-state index in [0.29, 0.717) is 12.2 Å². The lowest BCUT2D eigenvalue weighted by atomic mass is 10.2. The van der Waals surface area contributed by atoms with Crippen LogP contribution < -0.4 is 5.73 Å². The SMILES string of the molecule is CC(N)Cc1ncc(C(F)F)cn1. The van der Waals surface area contributed by atoms with Crippen LogP contribution in [0.5, 0.6) is 0 Å². The van der Waals surface area contributed by atoms with Gasteiger partial charge in [0.2, 0.25) is 0 Å². The summed E-state index contributed by atoms with van der Waals surface area (Å²) in [6.45, 7) is 1.81.